The van der Waals surface area contributed by atoms with Gasteiger partial charge in [0.25, 0.3) is 5.56 Å². The van der Waals surface area contributed by atoms with Gasteiger partial charge in [-0.1, -0.05) is 0 Å². The smallest absolute Gasteiger partial charge is 0.276 e. The van der Waals surface area contributed by atoms with Gasteiger partial charge in [-0.3, -0.25) is 9.48 Å². The lowest BCUT2D eigenvalue weighted by Gasteiger charge is -2.02. The summed E-state index contributed by atoms with van der Waals surface area (Å²) in [5, 5.41) is 9.33. The Balaban J connectivity index is 1.91. The summed E-state index contributed by atoms with van der Waals surface area (Å²) in [6.45, 7) is 2.34. The standard InChI is InChI=1S/C15H14ClN5OS/c1-9-13-12(20-8-11(5-16)23-15(9)20)6-17-21(14(13)22)7-10-3-4-19(2)18-10/h3-4,6,8H,5,7H2,1-2H3. The fourth-order valence-corrected chi connectivity index (χ4v) is 4.03. The molecule has 6 nitrogen and oxygen atoms in total. The highest BCUT2D eigenvalue weighted by Gasteiger charge is 2.17. The zero-order valence-electron chi connectivity index (χ0n) is 12.7. The topological polar surface area (TPSA) is 57.1 Å². The van der Waals surface area contributed by atoms with Gasteiger partial charge in [-0.2, -0.15) is 10.2 Å². The number of hydrogen-bond acceptors (Lipinski definition) is 4. The van der Waals surface area contributed by atoms with E-state index in [9.17, 15) is 4.79 Å². The molecule has 0 aromatic carbocycles. The van der Waals surface area contributed by atoms with E-state index >= 15 is 0 Å². The molecule has 0 spiro atoms. The Morgan fingerprint density at radius 1 is 1.39 bits per heavy atom. The highest BCUT2D eigenvalue weighted by molar-refractivity contribution is 7.18. The quantitative estimate of drug-likeness (QED) is 0.535. The number of halogens is 1. The summed E-state index contributed by atoms with van der Waals surface area (Å²) in [4.78, 5) is 14.9. The minimum absolute atomic E-state index is 0.0889. The lowest BCUT2D eigenvalue weighted by Crippen LogP contribution is -2.23. The first-order valence-corrected chi connectivity index (χ1v) is 8.47. The van der Waals surface area contributed by atoms with Crippen LogP contribution in [0, 0.1) is 6.92 Å². The molecule has 8 heteroatoms. The van der Waals surface area contributed by atoms with E-state index in [1.807, 2.05) is 36.8 Å². The van der Waals surface area contributed by atoms with Crippen LogP contribution in [0.1, 0.15) is 16.1 Å². The summed E-state index contributed by atoms with van der Waals surface area (Å²) in [7, 11) is 1.85. The van der Waals surface area contributed by atoms with Crippen LogP contribution < -0.4 is 5.56 Å². The third-order valence-corrected chi connectivity index (χ3v) is 5.57. The average Bonchev–Trinajstić information content (AvgIpc) is 3.19. The Kier molecular flexibility index (Phi) is 3.28. The van der Waals surface area contributed by atoms with E-state index in [0.717, 1.165) is 26.5 Å². The average molecular weight is 348 g/mol. The maximum absolute atomic E-state index is 12.8. The summed E-state index contributed by atoms with van der Waals surface area (Å²) in [6.07, 6.45) is 5.57. The molecule has 4 aromatic rings. The van der Waals surface area contributed by atoms with E-state index in [4.69, 9.17) is 11.6 Å². The molecular weight excluding hydrogens is 334 g/mol. The molecule has 0 radical (unpaired) electrons. The molecule has 0 amide bonds. The van der Waals surface area contributed by atoms with Crippen LogP contribution in [0.15, 0.2) is 29.5 Å². The number of rotatable bonds is 3. The van der Waals surface area contributed by atoms with Crippen LogP contribution in [0.4, 0.5) is 0 Å². The summed E-state index contributed by atoms with van der Waals surface area (Å²) in [5.74, 6) is 0.470. The fraction of sp³-hybridized carbons (Fsp3) is 0.267. The first-order valence-electron chi connectivity index (χ1n) is 7.12. The van der Waals surface area contributed by atoms with Crippen LogP contribution in [-0.2, 0) is 19.5 Å². The zero-order chi connectivity index (χ0) is 16.1. The van der Waals surface area contributed by atoms with E-state index in [0.29, 0.717) is 17.8 Å². The van der Waals surface area contributed by atoms with Gasteiger partial charge in [-0.25, -0.2) is 4.68 Å². The normalized spacial score (nSPS) is 11.8. The highest BCUT2D eigenvalue weighted by Crippen LogP contribution is 2.30. The third kappa shape index (κ3) is 2.19. The second kappa shape index (κ2) is 5.21. The van der Waals surface area contributed by atoms with Gasteiger partial charge in [-0.05, 0) is 18.6 Å². The van der Waals surface area contributed by atoms with Crippen molar-refractivity contribution in [2.24, 2.45) is 7.05 Å². The van der Waals surface area contributed by atoms with Crippen molar-refractivity contribution < 1.29 is 0 Å². The minimum atomic E-state index is -0.0889. The molecule has 0 fully saturated rings. The van der Waals surface area contributed by atoms with Crippen molar-refractivity contribution >= 4 is 38.7 Å². The number of alkyl halides is 1. The van der Waals surface area contributed by atoms with Gasteiger partial charge >= 0.3 is 0 Å². The lowest BCUT2D eigenvalue weighted by atomic mass is 10.2. The fourth-order valence-electron chi connectivity index (χ4n) is 2.84. The molecule has 0 aliphatic rings. The van der Waals surface area contributed by atoms with Crippen molar-refractivity contribution in [3.63, 3.8) is 0 Å². The second-order valence-electron chi connectivity index (χ2n) is 5.48. The molecule has 0 N–H and O–H groups in total. The van der Waals surface area contributed by atoms with E-state index < -0.39 is 0 Å². The van der Waals surface area contributed by atoms with E-state index in [-0.39, 0.29) is 5.56 Å². The monoisotopic (exact) mass is 347 g/mol. The van der Waals surface area contributed by atoms with Gasteiger partial charge in [0.2, 0.25) is 0 Å². The molecule has 4 rings (SSSR count). The van der Waals surface area contributed by atoms with Crippen LogP contribution >= 0.6 is 22.9 Å². The molecular formula is C15H14ClN5OS. The number of aryl methyl sites for hydroxylation is 2. The van der Waals surface area contributed by atoms with Crippen LogP contribution in [0.5, 0.6) is 0 Å². The van der Waals surface area contributed by atoms with Crippen molar-refractivity contribution in [3.05, 3.63) is 51.1 Å². The van der Waals surface area contributed by atoms with Crippen LogP contribution in [-0.4, -0.2) is 24.0 Å². The number of hydrogen-bond donors (Lipinski definition) is 0. The van der Waals surface area contributed by atoms with Crippen molar-refractivity contribution in [1.82, 2.24) is 24.0 Å². The number of fused-ring (bicyclic) bond motifs is 3. The SMILES string of the molecule is Cc1c2c(=O)n(Cc3ccn(C)n3)ncc2n2cc(CCl)sc12. The van der Waals surface area contributed by atoms with Gasteiger partial charge in [0.15, 0.2) is 0 Å². The minimum Gasteiger partial charge on any atom is -0.305 e. The summed E-state index contributed by atoms with van der Waals surface area (Å²) >= 11 is 7.53. The van der Waals surface area contributed by atoms with E-state index in [1.165, 1.54) is 4.68 Å². The van der Waals surface area contributed by atoms with Gasteiger partial charge in [0.1, 0.15) is 4.83 Å². The number of nitrogens with zero attached hydrogens (tertiary/aromatic N) is 5. The van der Waals surface area contributed by atoms with Gasteiger partial charge in [0.05, 0.1) is 35.2 Å². The number of aromatic nitrogens is 5. The van der Waals surface area contributed by atoms with E-state index in [2.05, 4.69) is 10.2 Å². The molecule has 0 aliphatic heterocycles. The molecule has 0 bridgehead atoms. The predicted molar refractivity (Wildman–Crippen MR) is 91.4 cm³/mol. The van der Waals surface area contributed by atoms with Crippen molar-refractivity contribution in [1.29, 1.82) is 0 Å². The maximum atomic E-state index is 12.8. The molecule has 0 saturated carbocycles. The molecule has 23 heavy (non-hydrogen) atoms. The molecule has 0 aliphatic carbocycles. The lowest BCUT2D eigenvalue weighted by molar-refractivity contribution is 0.620. The second-order valence-corrected chi connectivity index (χ2v) is 6.86. The first kappa shape index (κ1) is 14.5. The Hall–Kier alpha value is -2.12. The largest absolute Gasteiger partial charge is 0.305 e. The summed E-state index contributed by atoms with van der Waals surface area (Å²) in [5.41, 5.74) is 2.52. The van der Waals surface area contributed by atoms with Crippen molar-refractivity contribution in [2.45, 2.75) is 19.3 Å². The maximum Gasteiger partial charge on any atom is 0.276 e. The Labute approximate surface area is 140 Å². The van der Waals surface area contributed by atoms with Crippen molar-refractivity contribution in [3.8, 4) is 0 Å². The van der Waals surface area contributed by atoms with Crippen LogP contribution in [0.25, 0.3) is 15.7 Å². The van der Waals surface area contributed by atoms with Crippen LogP contribution in [0.3, 0.4) is 0 Å². The van der Waals surface area contributed by atoms with Crippen molar-refractivity contribution in [2.75, 3.05) is 0 Å². The number of thiazole rings is 1. The first-order chi connectivity index (χ1) is 11.1. The van der Waals surface area contributed by atoms with Gasteiger partial charge < -0.3 is 4.40 Å². The molecule has 4 aromatic heterocycles. The highest BCUT2D eigenvalue weighted by atomic mass is 35.5. The molecule has 0 saturated heterocycles. The van der Waals surface area contributed by atoms with Gasteiger partial charge in [-0.15, -0.1) is 22.9 Å². The van der Waals surface area contributed by atoms with Gasteiger partial charge in [0, 0.05) is 24.3 Å². The Morgan fingerprint density at radius 3 is 2.91 bits per heavy atom. The molecule has 0 unspecified atom stereocenters. The Morgan fingerprint density at radius 2 is 2.22 bits per heavy atom. The molecule has 4 heterocycles. The molecule has 118 valence electrons. The van der Waals surface area contributed by atoms with Crippen LogP contribution in [0.2, 0.25) is 0 Å². The zero-order valence-corrected chi connectivity index (χ0v) is 14.2. The summed E-state index contributed by atoms with van der Waals surface area (Å²) in [6, 6.07) is 1.89. The Bertz CT molecular complexity index is 1090. The predicted octanol–water partition coefficient (Wildman–Crippen LogP) is 2.54. The molecule has 0 atom stereocenters. The summed E-state index contributed by atoms with van der Waals surface area (Å²) < 4.78 is 5.18. The third-order valence-electron chi connectivity index (χ3n) is 3.91. The van der Waals surface area contributed by atoms with E-state index in [1.54, 1.807) is 22.2 Å².